The van der Waals surface area contributed by atoms with E-state index in [-0.39, 0.29) is 13.0 Å². The van der Waals surface area contributed by atoms with Gasteiger partial charge < -0.3 is 10.1 Å². The van der Waals surface area contributed by atoms with E-state index in [1.165, 1.54) is 7.11 Å². The highest BCUT2D eigenvalue weighted by Crippen LogP contribution is 2.69. The van der Waals surface area contributed by atoms with Crippen molar-refractivity contribution in [3.8, 4) is 5.75 Å². The molecule has 0 unspecified atom stereocenters. The lowest BCUT2D eigenvalue weighted by atomic mass is 9.54. The van der Waals surface area contributed by atoms with Gasteiger partial charge in [0.15, 0.2) is 0 Å². The standard InChI is InChI=1S/C28H21Cl3N2O4/c1-37-21-11-10-15(29)14-20(21)32-22(34)12-13-33-25(35)23-24(26(33)36)28(31)17-7-3-2-6-16(17)27(23,30)18-8-4-5-9-19(18)28/h2-11,14,23-24H,12-13H2,1H3,(H,32,34)/t23-,24+,27?,28?. The van der Waals surface area contributed by atoms with E-state index in [1.54, 1.807) is 18.2 Å². The molecule has 0 spiro atoms. The van der Waals surface area contributed by atoms with Gasteiger partial charge in [-0.2, -0.15) is 0 Å². The maximum Gasteiger partial charge on any atom is 0.235 e. The fourth-order valence-corrected chi connectivity index (χ4v) is 7.42. The first kappa shape index (κ1) is 24.3. The molecule has 0 aromatic heterocycles. The van der Waals surface area contributed by atoms with Crippen LogP contribution in [-0.4, -0.2) is 36.3 Å². The molecule has 1 N–H and O–H groups in total. The number of hydrogen-bond donors (Lipinski definition) is 1. The number of likely N-dealkylation sites (tertiary alicyclic amines) is 1. The van der Waals surface area contributed by atoms with E-state index in [0.29, 0.717) is 16.5 Å². The predicted molar refractivity (Wildman–Crippen MR) is 141 cm³/mol. The first-order valence-corrected chi connectivity index (χ1v) is 12.9. The summed E-state index contributed by atoms with van der Waals surface area (Å²) in [6, 6.07) is 19.8. The van der Waals surface area contributed by atoms with Gasteiger partial charge in [-0.05, 0) is 40.5 Å². The van der Waals surface area contributed by atoms with Crippen molar-refractivity contribution in [2.24, 2.45) is 11.8 Å². The lowest BCUT2D eigenvalue weighted by Crippen LogP contribution is -2.57. The van der Waals surface area contributed by atoms with E-state index >= 15 is 0 Å². The van der Waals surface area contributed by atoms with Crippen LogP contribution in [0.15, 0.2) is 66.7 Å². The Morgan fingerprint density at radius 3 is 1.84 bits per heavy atom. The molecule has 2 atom stereocenters. The Morgan fingerprint density at radius 2 is 1.38 bits per heavy atom. The van der Waals surface area contributed by atoms with Crippen LogP contribution in [0.1, 0.15) is 28.7 Å². The van der Waals surface area contributed by atoms with Gasteiger partial charge in [-0.3, -0.25) is 19.3 Å². The van der Waals surface area contributed by atoms with Gasteiger partial charge >= 0.3 is 0 Å². The van der Waals surface area contributed by atoms with Gasteiger partial charge in [0.1, 0.15) is 15.5 Å². The van der Waals surface area contributed by atoms with Crippen molar-refractivity contribution in [3.63, 3.8) is 0 Å². The van der Waals surface area contributed by atoms with Gasteiger partial charge in [-0.15, -0.1) is 23.2 Å². The molecule has 1 saturated heterocycles. The third-order valence-corrected chi connectivity index (χ3v) is 9.19. The zero-order valence-electron chi connectivity index (χ0n) is 19.6. The van der Waals surface area contributed by atoms with Crippen LogP contribution in [-0.2, 0) is 24.1 Å². The van der Waals surface area contributed by atoms with Crippen LogP contribution in [0.4, 0.5) is 5.69 Å². The van der Waals surface area contributed by atoms with E-state index in [4.69, 9.17) is 39.5 Å². The molecule has 0 saturated carbocycles. The van der Waals surface area contributed by atoms with Crippen molar-refractivity contribution in [1.82, 2.24) is 4.90 Å². The molecule has 0 radical (unpaired) electrons. The number of alkyl halides is 2. The van der Waals surface area contributed by atoms with E-state index in [1.807, 2.05) is 48.5 Å². The number of methoxy groups -OCH3 is 1. The molecule has 188 valence electrons. The molecule has 3 amide bonds. The number of rotatable bonds is 5. The second-order valence-electron chi connectivity index (χ2n) is 9.44. The van der Waals surface area contributed by atoms with Crippen LogP contribution in [0.3, 0.4) is 0 Å². The topological polar surface area (TPSA) is 75.7 Å². The number of carbonyl (C=O) groups is 3. The van der Waals surface area contributed by atoms with Crippen LogP contribution in [0.2, 0.25) is 5.02 Å². The Bertz CT molecular complexity index is 1370. The number of nitrogens with one attached hydrogen (secondary N) is 1. The summed E-state index contributed by atoms with van der Waals surface area (Å²) in [7, 11) is 1.48. The number of hydrogen-bond acceptors (Lipinski definition) is 4. The minimum absolute atomic E-state index is 0.105. The first-order valence-electron chi connectivity index (χ1n) is 11.8. The average molecular weight is 556 g/mol. The van der Waals surface area contributed by atoms with Gasteiger partial charge in [0, 0.05) is 18.0 Å². The van der Waals surface area contributed by atoms with Gasteiger partial charge in [0.05, 0.1) is 24.6 Å². The monoisotopic (exact) mass is 554 g/mol. The highest BCUT2D eigenvalue weighted by atomic mass is 35.5. The van der Waals surface area contributed by atoms with Gasteiger partial charge in [0.25, 0.3) is 0 Å². The predicted octanol–water partition coefficient (Wildman–Crippen LogP) is 5.27. The van der Waals surface area contributed by atoms with Crippen molar-refractivity contribution in [3.05, 3.63) is 94.0 Å². The zero-order valence-corrected chi connectivity index (χ0v) is 21.9. The van der Waals surface area contributed by atoms with E-state index in [0.717, 1.165) is 27.2 Å². The summed E-state index contributed by atoms with van der Waals surface area (Å²) in [4.78, 5) is 39.1. The van der Waals surface area contributed by atoms with Crippen LogP contribution < -0.4 is 10.1 Å². The third-order valence-electron chi connectivity index (χ3n) is 7.67. The maximum atomic E-state index is 13.8. The molecule has 1 fully saturated rings. The molecule has 2 bridgehead atoms. The van der Waals surface area contributed by atoms with Gasteiger partial charge in [0.2, 0.25) is 17.7 Å². The Labute approximate surface area is 228 Å². The van der Waals surface area contributed by atoms with Gasteiger partial charge in [-0.25, -0.2) is 0 Å². The number of anilines is 1. The largest absolute Gasteiger partial charge is 0.495 e. The summed E-state index contributed by atoms with van der Waals surface area (Å²) < 4.78 is 5.27. The molecule has 6 nitrogen and oxygen atoms in total. The fraction of sp³-hybridized carbons (Fsp3) is 0.250. The summed E-state index contributed by atoms with van der Waals surface area (Å²) in [5.74, 6) is -2.58. The highest BCUT2D eigenvalue weighted by molar-refractivity contribution is 6.36. The number of benzene rings is 3. The molecule has 1 heterocycles. The fourth-order valence-electron chi connectivity index (χ4n) is 6.15. The van der Waals surface area contributed by atoms with E-state index < -0.39 is 39.3 Å². The molecule has 3 aromatic rings. The molecule has 9 heteroatoms. The van der Waals surface area contributed by atoms with Crippen LogP contribution in [0, 0.1) is 11.8 Å². The van der Waals surface area contributed by atoms with Crippen LogP contribution in [0.25, 0.3) is 0 Å². The van der Waals surface area contributed by atoms with Crippen molar-refractivity contribution in [2.45, 2.75) is 16.2 Å². The Balaban J connectivity index is 1.33. The maximum absolute atomic E-state index is 13.8. The molecule has 37 heavy (non-hydrogen) atoms. The molecule has 1 aliphatic heterocycles. The lowest BCUT2D eigenvalue weighted by molar-refractivity contribution is -0.140. The molecule has 3 aliphatic carbocycles. The van der Waals surface area contributed by atoms with Crippen LogP contribution in [0.5, 0.6) is 5.75 Å². The molecular weight excluding hydrogens is 535 g/mol. The number of amides is 3. The second kappa shape index (κ2) is 8.48. The van der Waals surface area contributed by atoms with Crippen molar-refractivity contribution < 1.29 is 19.1 Å². The summed E-state index contributed by atoms with van der Waals surface area (Å²) in [5.41, 5.74) is 3.35. The Hall–Kier alpha value is -3.06. The van der Waals surface area contributed by atoms with Gasteiger partial charge in [-0.1, -0.05) is 60.1 Å². The van der Waals surface area contributed by atoms with E-state index in [9.17, 15) is 14.4 Å². The zero-order chi connectivity index (χ0) is 26.1. The number of ether oxygens (including phenoxy) is 1. The number of carbonyl (C=O) groups excluding carboxylic acids is 3. The minimum atomic E-state index is -1.24. The quantitative estimate of drug-likeness (QED) is 0.344. The first-order chi connectivity index (χ1) is 17.7. The normalized spacial score (nSPS) is 27.0. The Morgan fingerprint density at radius 1 is 0.892 bits per heavy atom. The average Bonchev–Trinajstić information content (AvgIpc) is 3.16. The number of imide groups is 1. The summed E-state index contributed by atoms with van der Waals surface area (Å²) in [5, 5.41) is 3.17. The minimum Gasteiger partial charge on any atom is -0.495 e. The smallest absolute Gasteiger partial charge is 0.235 e. The Kier molecular flexibility index (Phi) is 5.57. The van der Waals surface area contributed by atoms with E-state index in [2.05, 4.69) is 5.32 Å². The molecule has 3 aromatic carbocycles. The summed E-state index contributed by atoms with van der Waals surface area (Å²) in [6.45, 7) is -0.105. The SMILES string of the molecule is COc1ccc(Cl)cc1NC(=O)CCN1C(=O)[C@@H]2[C@H](C1=O)C1(Cl)c3ccccc3C2(Cl)c2ccccc21. The highest BCUT2D eigenvalue weighted by Gasteiger charge is 2.72. The number of nitrogens with zero attached hydrogens (tertiary/aromatic N) is 1. The summed E-state index contributed by atoms with van der Waals surface area (Å²) >= 11 is 20.9. The van der Waals surface area contributed by atoms with Crippen molar-refractivity contribution in [2.75, 3.05) is 19.0 Å². The van der Waals surface area contributed by atoms with Crippen LogP contribution >= 0.6 is 34.8 Å². The third kappa shape index (κ3) is 3.22. The number of halogens is 3. The molecule has 4 aliphatic rings. The molecule has 7 rings (SSSR count). The lowest BCUT2D eigenvalue weighted by Gasteiger charge is -2.54. The second-order valence-corrected chi connectivity index (χ2v) is 11.1. The summed E-state index contributed by atoms with van der Waals surface area (Å²) in [6.07, 6.45) is -0.114. The van der Waals surface area contributed by atoms with Crippen molar-refractivity contribution in [1.29, 1.82) is 0 Å². The van der Waals surface area contributed by atoms with Crippen molar-refractivity contribution >= 4 is 58.2 Å². The molecular formula is C28H21Cl3N2O4.